The number of nitrogens with zero attached hydrogens (tertiary/aromatic N) is 1. The second kappa shape index (κ2) is 4.91. The molecule has 8 heteroatoms. The van der Waals surface area contributed by atoms with Crippen LogP contribution in [0.3, 0.4) is 0 Å². The van der Waals surface area contributed by atoms with E-state index >= 15 is 0 Å². The molecule has 0 bridgehead atoms. The van der Waals surface area contributed by atoms with Gasteiger partial charge in [0.05, 0.1) is 11.5 Å². The molecule has 0 aromatic heterocycles. The Bertz CT molecular complexity index is 409. The highest BCUT2D eigenvalue weighted by Gasteiger charge is 2.52. The van der Waals surface area contributed by atoms with Crippen molar-refractivity contribution in [2.75, 3.05) is 13.1 Å². The lowest BCUT2D eigenvalue weighted by atomic mass is 9.62. The van der Waals surface area contributed by atoms with Crippen LogP contribution >= 0.6 is 0 Å². The lowest BCUT2D eigenvalue weighted by Gasteiger charge is -2.49. The Morgan fingerprint density at radius 2 is 1.65 bits per heavy atom. The molecule has 2 fully saturated rings. The molecule has 1 aliphatic heterocycles. The predicted molar refractivity (Wildman–Crippen MR) is 60.7 cm³/mol. The van der Waals surface area contributed by atoms with Crippen molar-refractivity contribution < 1.29 is 33.0 Å². The van der Waals surface area contributed by atoms with Gasteiger partial charge in [0.25, 0.3) is 0 Å². The number of halogens is 3. The van der Waals surface area contributed by atoms with Gasteiger partial charge in [0.1, 0.15) is 0 Å². The van der Waals surface area contributed by atoms with Crippen molar-refractivity contribution in [3.63, 3.8) is 0 Å². The Morgan fingerprint density at radius 1 is 1.15 bits per heavy atom. The van der Waals surface area contributed by atoms with Crippen LogP contribution in [-0.2, 0) is 9.59 Å². The molecular formula is C12H16F3NO4. The van der Waals surface area contributed by atoms with Gasteiger partial charge in [-0.15, -0.1) is 0 Å². The van der Waals surface area contributed by atoms with E-state index < -0.39 is 29.6 Å². The van der Waals surface area contributed by atoms with Crippen LogP contribution in [0.5, 0.6) is 0 Å². The van der Waals surface area contributed by atoms with E-state index in [2.05, 4.69) is 0 Å². The molecule has 114 valence electrons. The number of aliphatic hydroxyl groups is 1. The minimum atomic E-state index is -4.87. The number of hydrogen-bond acceptors (Lipinski definition) is 3. The number of carboxylic acids is 1. The second-order valence-corrected chi connectivity index (χ2v) is 5.61. The Morgan fingerprint density at radius 3 is 2.05 bits per heavy atom. The molecule has 0 radical (unpaired) electrons. The third kappa shape index (κ3) is 2.74. The van der Waals surface area contributed by atoms with Gasteiger partial charge in [-0.05, 0) is 31.6 Å². The van der Waals surface area contributed by atoms with Crippen LogP contribution in [0.4, 0.5) is 13.2 Å². The van der Waals surface area contributed by atoms with Crippen molar-refractivity contribution in [2.24, 2.45) is 11.8 Å². The first-order valence-corrected chi connectivity index (χ1v) is 6.45. The van der Waals surface area contributed by atoms with E-state index in [0.29, 0.717) is 0 Å². The summed E-state index contributed by atoms with van der Waals surface area (Å²) >= 11 is 0. The average molecular weight is 295 g/mol. The normalized spacial score (nSPS) is 31.8. The van der Waals surface area contributed by atoms with E-state index in [-0.39, 0.29) is 44.7 Å². The number of amides is 1. The van der Waals surface area contributed by atoms with E-state index in [4.69, 9.17) is 5.11 Å². The first kappa shape index (κ1) is 15.1. The van der Waals surface area contributed by atoms with Crippen LogP contribution in [0.25, 0.3) is 0 Å². The zero-order valence-corrected chi connectivity index (χ0v) is 10.7. The van der Waals surface area contributed by atoms with E-state index in [1.54, 1.807) is 0 Å². The minimum Gasteiger partial charge on any atom is -0.481 e. The summed E-state index contributed by atoms with van der Waals surface area (Å²) in [7, 11) is 0. The molecule has 0 unspecified atom stereocenters. The molecule has 1 saturated heterocycles. The van der Waals surface area contributed by atoms with E-state index in [1.807, 2.05) is 0 Å². The van der Waals surface area contributed by atoms with Gasteiger partial charge in [0.15, 0.2) is 0 Å². The monoisotopic (exact) mass is 295 g/mol. The summed E-state index contributed by atoms with van der Waals surface area (Å²) in [6.07, 6.45) is -4.05. The Balaban J connectivity index is 1.87. The quantitative estimate of drug-likeness (QED) is 0.797. The summed E-state index contributed by atoms with van der Waals surface area (Å²) in [5.41, 5.74) is -1.10. The molecule has 1 aliphatic carbocycles. The SMILES string of the molecule is O=C(O)C1CC(O)(C2CCN(C(=O)C(F)(F)F)CC2)C1. The molecule has 2 rings (SSSR count). The summed E-state index contributed by atoms with van der Waals surface area (Å²) < 4.78 is 36.8. The van der Waals surface area contributed by atoms with Gasteiger partial charge in [0, 0.05) is 13.1 Å². The van der Waals surface area contributed by atoms with Crippen molar-refractivity contribution in [3.8, 4) is 0 Å². The van der Waals surface area contributed by atoms with Gasteiger partial charge in [-0.3, -0.25) is 9.59 Å². The van der Waals surface area contributed by atoms with Crippen LogP contribution in [-0.4, -0.2) is 51.9 Å². The van der Waals surface area contributed by atoms with Crippen molar-refractivity contribution in [3.05, 3.63) is 0 Å². The molecular weight excluding hydrogens is 279 g/mol. The fourth-order valence-corrected chi connectivity index (χ4v) is 3.10. The number of rotatable bonds is 2. The summed E-state index contributed by atoms with van der Waals surface area (Å²) in [5.74, 6) is -3.62. The predicted octanol–water partition coefficient (Wildman–Crippen LogP) is 1.01. The number of alkyl halides is 3. The van der Waals surface area contributed by atoms with E-state index in [1.165, 1.54) is 0 Å². The van der Waals surface area contributed by atoms with Crippen molar-refractivity contribution in [2.45, 2.75) is 37.5 Å². The summed E-state index contributed by atoms with van der Waals surface area (Å²) in [6, 6.07) is 0. The Hall–Kier alpha value is -1.31. The molecule has 1 amide bonds. The zero-order valence-electron chi connectivity index (χ0n) is 10.7. The first-order valence-electron chi connectivity index (χ1n) is 6.45. The molecule has 2 N–H and O–H groups in total. The third-order valence-electron chi connectivity index (χ3n) is 4.33. The van der Waals surface area contributed by atoms with Gasteiger partial charge >= 0.3 is 18.1 Å². The number of aliphatic carboxylic acids is 1. The van der Waals surface area contributed by atoms with Gasteiger partial charge in [0.2, 0.25) is 0 Å². The second-order valence-electron chi connectivity index (χ2n) is 5.61. The molecule has 2 aliphatic rings. The number of piperidine rings is 1. The van der Waals surface area contributed by atoms with E-state index in [9.17, 15) is 27.9 Å². The molecule has 0 aromatic rings. The molecule has 0 atom stereocenters. The Kier molecular flexibility index (Phi) is 3.70. The molecule has 0 aromatic carbocycles. The lowest BCUT2D eigenvalue weighted by molar-refractivity contribution is -0.190. The van der Waals surface area contributed by atoms with E-state index in [0.717, 1.165) is 4.90 Å². The fourth-order valence-electron chi connectivity index (χ4n) is 3.10. The highest BCUT2D eigenvalue weighted by molar-refractivity contribution is 5.81. The number of carbonyl (C=O) groups excluding carboxylic acids is 1. The summed E-state index contributed by atoms with van der Waals surface area (Å²) in [6.45, 7) is -0.105. The van der Waals surface area contributed by atoms with Crippen molar-refractivity contribution in [1.29, 1.82) is 0 Å². The standard InChI is InChI=1S/C12H16F3NO4/c13-12(14,15)10(19)16-3-1-8(2-4-16)11(20)5-7(6-11)9(17)18/h7-8,20H,1-6H2,(H,17,18). The maximum Gasteiger partial charge on any atom is 0.471 e. The largest absolute Gasteiger partial charge is 0.481 e. The number of hydrogen-bond donors (Lipinski definition) is 2. The maximum atomic E-state index is 12.3. The summed E-state index contributed by atoms with van der Waals surface area (Å²) in [4.78, 5) is 22.5. The highest BCUT2D eigenvalue weighted by Crippen LogP contribution is 2.46. The number of likely N-dealkylation sites (tertiary alicyclic amines) is 1. The van der Waals surface area contributed by atoms with Crippen LogP contribution < -0.4 is 0 Å². The minimum absolute atomic E-state index is 0.0525. The van der Waals surface area contributed by atoms with Gasteiger partial charge < -0.3 is 15.1 Å². The average Bonchev–Trinajstić information content (AvgIpc) is 2.33. The van der Waals surface area contributed by atoms with Gasteiger partial charge in [-0.1, -0.05) is 0 Å². The van der Waals surface area contributed by atoms with Crippen molar-refractivity contribution in [1.82, 2.24) is 4.90 Å². The molecule has 5 nitrogen and oxygen atoms in total. The highest BCUT2D eigenvalue weighted by atomic mass is 19.4. The van der Waals surface area contributed by atoms with Crippen LogP contribution in [0.1, 0.15) is 25.7 Å². The van der Waals surface area contributed by atoms with Crippen LogP contribution in [0.2, 0.25) is 0 Å². The first-order chi connectivity index (χ1) is 9.13. The lowest BCUT2D eigenvalue weighted by Crippen LogP contribution is -2.56. The number of carbonyl (C=O) groups is 2. The molecule has 20 heavy (non-hydrogen) atoms. The molecule has 1 heterocycles. The van der Waals surface area contributed by atoms with Crippen molar-refractivity contribution >= 4 is 11.9 Å². The zero-order chi connectivity index (χ0) is 15.1. The smallest absolute Gasteiger partial charge is 0.471 e. The van der Waals surface area contributed by atoms with Gasteiger partial charge in [-0.25, -0.2) is 0 Å². The van der Waals surface area contributed by atoms with Gasteiger partial charge in [-0.2, -0.15) is 13.2 Å². The van der Waals surface area contributed by atoms with Crippen LogP contribution in [0, 0.1) is 11.8 Å². The summed E-state index contributed by atoms with van der Waals surface area (Å²) in [5, 5.41) is 19.0. The third-order valence-corrected chi connectivity index (χ3v) is 4.33. The fraction of sp³-hybridized carbons (Fsp3) is 0.833. The molecule has 0 spiro atoms. The molecule has 1 saturated carbocycles. The maximum absolute atomic E-state index is 12.3. The topological polar surface area (TPSA) is 77.8 Å². The Labute approximate surface area is 113 Å². The van der Waals surface area contributed by atoms with Crippen LogP contribution in [0.15, 0.2) is 0 Å². The number of carboxylic acid groups (broad SMARTS) is 1.